The molecule has 0 saturated carbocycles. The highest BCUT2D eigenvalue weighted by Gasteiger charge is 2.31. The van der Waals surface area contributed by atoms with Gasteiger partial charge in [-0.1, -0.05) is 0 Å². The van der Waals surface area contributed by atoms with Gasteiger partial charge in [0.25, 0.3) is 0 Å². The standard InChI is InChI=1S/C13H15BrF3NO2/c14-11-7-10(20-13(15,16)17)1-2-12(11)18-8-9-3-5-19-6-4-9/h1-2,7,9,18H,3-6,8H2. The Bertz CT molecular complexity index is 448. The fourth-order valence-electron chi connectivity index (χ4n) is 2.04. The summed E-state index contributed by atoms with van der Waals surface area (Å²) >= 11 is 3.25. The van der Waals surface area contributed by atoms with Crippen LogP contribution in [-0.4, -0.2) is 26.1 Å². The number of alkyl halides is 3. The van der Waals surface area contributed by atoms with E-state index in [9.17, 15) is 13.2 Å². The first-order chi connectivity index (χ1) is 9.44. The molecule has 0 spiro atoms. The third-order valence-electron chi connectivity index (χ3n) is 3.10. The number of ether oxygens (including phenoxy) is 2. The van der Waals surface area contributed by atoms with Gasteiger partial charge in [0.15, 0.2) is 0 Å². The van der Waals surface area contributed by atoms with Crippen LogP contribution in [0.3, 0.4) is 0 Å². The molecular formula is C13H15BrF3NO2. The molecular weight excluding hydrogens is 339 g/mol. The quantitative estimate of drug-likeness (QED) is 0.880. The lowest BCUT2D eigenvalue weighted by Gasteiger charge is -2.23. The average molecular weight is 354 g/mol. The third kappa shape index (κ3) is 4.86. The van der Waals surface area contributed by atoms with Crippen LogP contribution in [0.1, 0.15) is 12.8 Å². The smallest absolute Gasteiger partial charge is 0.406 e. The lowest BCUT2D eigenvalue weighted by atomic mass is 10.0. The van der Waals surface area contributed by atoms with Crippen LogP contribution >= 0.6 is 15.9 Å². The Morgan fingerprint density at radius 2 is 2.00 bits per heavy atom. The fraction of sp³-hybridized carbons (Fsp3) is 0.538. The van der Waals surface area contributed by atoms with Crippen molar-refractivity contribution < 1.29 is 22.6 Å². The van der Waals surface area contributed by atoms with E-state index in [1.165, 1.54) is 12.1 Å². The minimum atomic E-state index is -4.67. The highest BCUT2D eigenvalue weighted by molar-refractivity contribution is 9.10. The van der Waals surface area contributed by atoms with Gasteiger partial charge in [0, 0.05) is 29.9 Å². The molecule has 0 aromatic heterocycles. The molecule has 7 heteroatoms. The zero-order valence-electron chi connectivity index (χ0n) is 10.7. The van der Waals surface area contributed by atoms with Crippen molar-refractivity contribution in [3.8, 4) is 5.75 Å². The average Bonchev–Trinajstić information content (AvgIpc) is 2.37. The lowest BCUT2D eigenvalue weighted by molar-refractivity contribution is -0.274. The molecule has 0 bridgehead atoms. The van der Waals surface area contributed by atoms with E-state index in [1.807, 2.05) is 0 Å². The first kappa shape index (κ1) is 15.4. The van der Waals surface area contributed by atoms with Crippen molar-refractivity contribution in [1.82, 2.24) is 0 Å². The zero-order chi connectivity index (χ0) is 14.6. The number of hydrogen-bond donors (Lipinski definition) is 1. The monoisotopic (exact) mass is 353 g/mol. The maximum atomic E-state index is 12.1. The number of benzene rings is 1. The summed E-state index contributed by atoms with van der Waals surface area (Å²) in [6.45, 7) is 2.32. The topological polar surface area (TPSA) is 30.5 Å². The number of hydrogen-bond acceptors (Lipinski definition) is 3. The Morgan fingerprint density at radius 3 is 2.60 bits per heavy atom. The Balaban J connectivity index is 1.92. The molecule has 0 radical (unpaired) electrons. The van der Waals surface area contributed by atoms with E-state index >= 15 is 0 Å². The molecule has 1 heterocycles. The van der Waals surface area contributed by atoms with E-state index in [2.05, 4.69) is 26.0 Å². The van der Waals surface area contributed by atoms with Gasteiger partial charge in [-0.25, -0.2) is 0 Å². The summed E-state index contributed by atoms with van der Waals surface area (Å²) in [7, 11) is 0. The summed E-state index contributed by atoms with van der Waals surface area (Å²) in [5.74, 6) is 0.294. The van der Waals surface area contributed by atoms with Crippen LogP contribution in [0.5, 0.6) is 5.75 Å². The molecule has 1 aromatic rings. The Hall–Kier alpha value is -0.950. The minimum Gasteiger partial charge on any atom is -0.406 e. The summed E-state index contributed by atoms with van der Waals surface area (Å²) in [6, 6.07) is 4.18. The second-order valence-corrected chi connectivity index (χ2v) is 5.48. The summed E-state index contributed by atoms with van der Waals surface area (Å²) < 4.78 is 46.0. The molecule has 1 aromatic carbocycles. The van der Waals surface area contributed by atoms with E-state index in [1.54, 1.807) is 6.07 Å². The SMILES string of the molecule is FC(F)(F)Oc1ccc(NCC2CCOCC2)c(Br)c1. The van der Waals surface area contributed by atoms with Crippen LogP contribution in [0.15, 0.2) is 22.7 Å². The highest BCUT2D eigenvalue weighted by atomic mass is 79.9. The molecule has 0 aliphatic carbocycles. The molecule has 1 aliphatic rings. The van der Waals surface area contributed by atoms with Crippen LogP contribution in [-0.2, 0) is 4.74 Å². The van der Waals surface area contributed by atoms with Crippen molar-refractivity contribution in [3.05, 3.63) is 22.7 Å². The van der Waals surface area contributed by atoms with Gasteiger partial charge >= 0.3 is 6.36 Å². The number of rotatable bonds is 4. The molecule has 2 rings (SSSR count). The van der Waals surface area contributed by atoms with Crippen LogP contribution < -0.4 is 10.1 Å². The van der Waals surface area contributed by atoms with Gasteiger partial charge in [0.1, 0.15) is 5.75 Å². The van der Waals surface area contributed by atoms with Crippen LogP contribution in [0.2, 0.25) is 0 Å². The predicted molar refractivity (Wildman–Crippen MR) is 72.9 cm³/mol. The van der Waals surface area contributed by atoms with Crippen LogP contribution in [0.25, 0.3) is 0 Å². The summed E-state index contributed by atoms with van der Waals surface area (Å²) in [5, 5.41) is 3.23. The molecule has 1 saturated heterocycles. The van der Waals surface area contributed by atoms with Gasteiger partial charge in [-0.05, 0) is 52.9 Å². The second-order valence-electron chi connectivity index (χ2n) is 4.63. The number of halogens is 4. The normalized spacial score (nSPS) is 17.0. The van der Waals surface area contributed by atoms with E-state index in [-0.39, 0.29) is 5.75 Å². The molecule has 20 heavy (non-hydrogen) atoms. The van der Waals surface area contributed by atoms with Crippen molar-refractivity contribution in [1.29, 1.82) is 0 Å². The Kier molecular flexibility index (Phi) is 5.15. The molecule has 0 atom stereocenters. The van der Waals surface area contributed by atoms with E-state index in [4.69, 9.17) is 4.74 Å². The van der Waals surface area contributed by atoms with Crippen molar-refractivity contribution in [2.45, 2.75) is 19.2 Å². The van der Waals surface area contributed by atoms with Gasteiger partial charge in [-0.2, -0.15) is 0 Å². The van der Waals surface area contributed by atoms with Crippen LogP contribution in [0.4, 0.5) is 18.9 Å². The summed E-state index contributed by atoms with van der Waals surface area (Å²) in [4.78, 5) is 0. The minimum absolute atomic E-state index is 0.235. The number of nitrogens with one attached hydrogen (secondary N) is 1. The van der Waals surface area contributed by atoms with Crippen LogP contribution in [0, 0.1) is 5.92 Å². The van der Waals surface area contributed by atoms with E-state index in [0.29, 0.717) is 10.4 Å². The molecule has 3 nitrogen and oxygen atoms in total. The molecule has 1 aliphatic heterocycles. The first-order valence-corrected chi connectivity index (χ1v) is 7.10. The Morgan fingerprint density at radius 1 is 1.30 bits per heavy atom. The fourth-order valence-corrected chi connectivity index (χ4v) is 2.54. The molecule has 0 amide bonds. The van der Waals surface area contributed by atoms with Gasteiger partial charge < -0.3 is 14.8 Å². The largest absolute Gasteiger partial charge is 0.573 e. The predicted octanol–water partition coefficient (Wildman–Crippen LogP) is 4.19. The number of anilines is 1. The maximum absolute atomic E-state index is 12.1. The second kappa shape index (κ2) is 6.67. The first-order valence-electron chi connectivity index (χ1n) is 6.31. The van der Waals surface area contributed by atoms with E-state index in [0.717, 1.165) is 38.3 Å². The third-order valence-corrected chi connectivity index (χ3v) is 3.75. The Labute approximate surface area is 123 Å². The van der Waals surface area contributed by atoms with Crippen molar-refractivity contribution in [3.63, 3.8) is 0 Å². The van der Waals surface area contributed by atoms with Gasteiger partial charge in [-0.15, -0.1) is 13.2 Å². The van der Waals surface area contributed by atoms with Crippen molar-refractivity contribution in [2.24, 2.45) is 5.92 Å². The van der Waals surface area contributed by atoms with Crippen molar-refractivity contribution in [2.75, 3.05) is 25.1 Å². The molecule has 0 unspecified atom stereocenters. The van der Waals surface area contributed by atoms with E-state index < -0.39 is 6.36 Å². The zero-order valence-corrected chi connectivity index (χ0v) is 12.3. The van der Waals surface area contributed by atoms with Crippen molar-refractivity contribution >= 4 is 21.6 Å². The molecule has 1 fully saturated rings. The highest BCUT2D eigenvalue weighted by Crippen LogP contribution is 2.31. The van der Waals surface area contributed by atoms with Gasteiger partial charge in [0.2, 0.25) is 0 Å². The summed E-state index contributed by atoms with van der Waals surface area (Å²) in [6.07, 6.45) is -2.67. The molecule has 112 valence electrons. The maximum Gasteiger partial charge on any atom is 0.573 e. The lowest BCUT2D eigenvalue weighted by Crippen LogP contribution is -2.22. The van der Waals surface area contributed by atoms with Gasteiger partial charge in [-0.3, -0.25) is 0 Å². The molecule has 1 N–H and O–H groups in total. The summed E-state index contributed by atoms with van der Waals surface area (Å²) in [5.41, 5.74) is 0.756. The van der Waals surface area contributed by atoms with Gasteiger partial charge in [0.05, 0.1) is 0 Å².